The van der Waals surface area contributed by atoms with Crippen molar-refractivity contribution in [2.24, 2.45) is 21.7 Å². The molecule has 1 heterocycles. The molecule has 1 aromatic rings. The monoisotopic (exact) mass is 528 g/mol. The van der Waals surface area contributed by atoms with Gasteiger partial charge in [-0.3, -0.25) is 0 Å². The van der Waals surface area contributed by atoms with Crippen molar-refractivity contribution in [3.05, 3.63) is 5.82 Å². The van der Waals surface area contributed by atoms with Crippen LogP contribution in [0.4, 0.5) is 11.9 Å². The summed E-state index contributed by atoms with van der Waals surface area (Å²) in [5, 5.41) is 3.14. The number of aryl methyl sites for hydroxylation is 1. The Morgan fingerprint density at radius 1 is 0.684 bits per heavy atom. The maximum absolute atomic E-state index is 4.82. The standard InChI is InChI=1S/C32H60N6/c1-24-34-27(33-10)36-28(35-24)38(26-20-31(6,7)23-32(8,9)21-26)17-15-13-12-14-16-37(11)25-18-29(2,3)22-30(4,5)19-25/h25-26H,12-23H2,1-11H3,(H,33,34,35,36). The number of hydrogen-bond donors (Lipinski definition) is 1. The summed E-state index contributed by atoms with van der Waals surface area (Å²) in [6.45, 7) is 23.8. The lowest BCUT2D eigenvalue weighted by Crippen LogP contribution is -2.47. The van der Waals surface area contributed by atoms with Gasteiger partial charge in [0, 0.05) is 25.7 Å². The normalized spacial score (nSPS) is 22.9. The summed E-state index contributed by atoms with van der Waals surface area (Å²) in [6.07, 6.45) is 12.7. The van der Waals surface area contributed by atoms with Crippen molar-refractivity contribution >= 4 is 11.9 Å². The van der Waals surface area contributed by atoms with Gasteiger partial charge in [0.2, 0.25) is 11.9 Å². The van der Waals surface area contributed by atoms with Gasteiger partial charge in [-0.15, -0.1) is 0 Å². The van der Waals surface area contributed by atoms with Crippen molar-refractivity contribution in [1.29, 1.82) is 0 Å². The lowest BCUT2D eigenvalue weighted by Gasteiger charge is -2.48. The van der Waals surface area contributed by atoms with Crippen LogP contribution in [0.15, 0.2) is 0 Å². The van der Waals surface area contributed by atoms with Gasteiger partial charge in [-0.05, 0) is 93.5 Å². The fourth-order valence-electron chi connectivity index (χ4n) is 8.44. The fraction of sp³-hybridized carbons (Fsp3) is 0.906. The van der Waals surface area contributed by atoms with Crippen LogP contribution in [0.1, 0.15) is 125 Å². The largest absolute Gasteiger partial charge is 0.357 e. The zero-order chi connectivity index (χ0) is 28.4. The second-order valence-corrected chi connectivity index (χ2v) is 16.0. The molecule has 0 aliphatic heterocycles. The molecule has 0 atom stereocenters. The predicted octanol–water partition coefficient (Wildman–Crippen LogP) is 7.73. The molecule has 1 N–H and O–H groups in total. The molecule has 3 rings (SSSR count). The Morgan fingerprint density at radius 3 is 1.66 bits per heavy atom. The van der Waals surface area contributed by atoms with Crippen LogP contribution in [-0.2, 0) is 0 Å². The minimum atomic E-state index is 0.325. The molecule has 0 unspecified atom stereocenters. The van der Waals surface area contributed by atoms with Crippen molar-refractivity contribution in [2.45, 2.75) is 139 Å². The highest BCUT2D eigenvalue weighted by Gasteiger charge is 2.42. The average Bonchev–Trinajstić information content (AvgIpc) is 2.73. The van der Waals surface area contributed by atoms with Crippen molar-refractivity contribution in [2.75, 3.05) is 37.4 Å². The van der Waals surface area contributed by atoms with Crippen LogP contribution in [0, 0.1) is 28.6 Å². The van der Waals surface area contributed by atoms with Crippen LogP contribution in [0.3, 0.4) is 0 Å². The average molecular weight is 529 g/mol. The second kappa shape index (κ2) is 12.0. The van der Waals surface area contributed by atoms with E-state index < -0.39 is 0 Å². The number of nitrogens with zero attached hydrogens (tertiary/aromatic N) is 5. The van der Waals surface area contributed by atoms with Gasteiger partial charge in [-0.25, -0.2) is 0 Å². The van der Waals surface area contributed by atoms with E-state index in [1.165, 1.54) is 70.8 Å². The van der Waals surface area contributed by atoms with Crippen LogP contribution in [0.2, 0.25) is 0 Å². The SMILES string of the molecule is CNc1nc(C)nc(N(CCCCCCN(C)C2CC(C)(C)CC(C)(C)C2)C2CC(C)(C)CC(C)(C)C2)n1. The molecule has 2 saturated carbocycles. The van der Waals surface area contributed by atoms with Crippen molar-refractivity contribution < 1.29 is 0 Å². The van der Waals surface area contributed by atoms with Gasteiger partial charge in [0.25, 0.3) is 0 Å². The van der Waals surface area contributed by atoms with E-state index in [2.05, 4.69) is 82.5 Å². The molecule has 6 heteroatoms. The van der Waals surface area contributed by atoms with Gasteiger partial charge in [-0.1, -0.05) is 68.2 Å². The minimum absolute atomic E-state index is 0.325. The Morgan fingerprint density at radius 2 is 1.16 bits per heavy atom. The van der Waals surface area contributed by atoms with Crippen LogP contribution in [-0.4, -0.2) is 59.1 Å². The Kier molecular flexibility index (Phi) is 9.80. The third kappa shape index (κ3) is 9.06. The second-order valence-electron chi connectivity index (χ2n) is 16.0. The van der Waals surface area contributed by atoms with Gasteiger partial charge in [0.05, 0.1) is 0 Å². The van der Waals surface area contributed by atoms with E-state index in [1.54, 1.807) is 0 Å². The van der Waals surface area contributed by atoms with Gasteiger partial charge < -0.3 is 15.1 Å². The number of unbranched alkanes of at least 4 members (excludes halogenated alkanes) is 3. The summed E-state index contributed by atoms with van der Waals surface area (Å²) >= 11 is 0. The van der Waals surface area contributed by atoms with Gasteiger partial charge >= 0.3 is 0 Å². The molecule has 0 saturated heterocycles. The Bertz CT molecular complexity index is 873. The van der Waals surface area contributed by atoms with E-state index in [4.69, 9.17) is 9.97 Å². The molecule has 2 aliphatic rings. The molecule has 1 aromatic heterocycles. The zero-order valence-electron chi connectivity index (χ0n) is 26.9. The highest BCUT2D eigenvalue weighted by molar-refractivity contribution is 5.38. The summed E-state index contributed by atoms with van der Waals surface area (Å²) in [6, 6.07) is 1.18. The van der Waals surface area contributed by atoms with E-state index in [0.717, 1.165) is 24.4 Å². The summed E-state index contributed by atoms with van der Waals surface area (Å²) in [7, 11) is 4.25. The van der Waals surface area contributed by atoms with E-state index in [0.29, 0.717) is 33.7 Å². The minimum Gasteiger partial charge on any atom is -0.357 e. The first-order valence-electron chi connectivity index (χ1n) is 15.4. The number of anilines is 2. The summed E-state index contributed by atoms with van der Waals surface area (Å²) in [5.74, 6) is 2.31. The fourth-order valence-corrected chi connectivity index (χ4v) is 8.44. The van der Waals surface area contributed by atoms with Crippen LogP contribution < -0.4 is 10.2 Å². The molecule has 0 aromatic carbocycles. The third-order valence-corrected chi connectivity index (χ3v) is 9.01. The lowest BCUT2D eigenvalue weighted by atomic mass is 9.63. The highest BCUT2D eigenvalue weighted by atomic mass is 15.3. The maximum Gasteiger partial charge on any atom is 0.230 e. The molecule has 38 heavy (non-hydrogen) atoms. The first kappa shape index (κ1) is 31.1. The number of rotatable bonds is 11. The lowest BCUT2D eigenvalue weighted by molar-refractivity contribution is 0.0349. The molecule has 0 bridgehead atoms. The molecule has 218 valence electrons. The first-order chi connectivity index (χ1) is 17.5. The smallest absolute Gasteiger partial charge is 0.230 e. The Balaban J connectivity index is 1.58. The van der Waals surface area contributed by atoms with Gasteiger partial charge in [0.1, 0.15) is 5.82 Å². The zero-order valence-corrected chi connectivity index (χ0v) is 26.9. The van der Waals surface area contributed by atoms with Crippen LogP contribution >= 0.6 is 0 Å². The molecular formula is C32H60N6. The topological polar surface area (TPSA) is 57.2 Å². The summed E-state index contributed by atoms with van der Waals surface area (Å²) in [5.41, 5.74) is 1.55. The first-order valence-corrected chi connectivity index (χ1v) is 15.4. The molecule has 0 radical (unpaired) electrons. The van der Waals surface area contributed by atoms with Crippen molar-refractivity contribution in [3.8, 4) is 0 Å². The van der Waals surface area contributed by atoms with Gasteiger partial charge in [0.15, 0.2) is 0 Å². The quantitative estimate of drug-likeness (QED) is 0.297. The summed E-state index contributed by atoms with van der Waals surface area (Å²) < 4.78 is 0. The van der Waals surface area contributed by atoms with Crippen molar-refractivity contribution in [1.82, 2.24) is 19.9 Å². The van der Waals surface area contributed by atoms with E-state index in [9.17, 15) is 0 Å². The Hall–Kier alpha value is -1.43. The van der Waals surface area contributed by atoms with E-state index in [1.807, 2.05) is 14.0 Å². The number of nitrogens with one attached hydrogen (secondary N) is 1. The molecule has 0 amide bonds. The summed E-state index contributed by atoms with van der Waals surface area (Å²) in [4.78, 5) is 19.3. The molecular weight excluding hydrogens is 468 g/mol. The molecule has 2 aliphatic carbocycles. The van der Waals surface area contributed by atoms with Crippen molar-refractivity contribution in [3.63, 3.8) is 0 Å². The van der Waals surface area contributed by atoms with Crippen LogP contribution in [0.5, 0.6) is 0 Å². The molecule has 0 spiro atoms. The predicted molar refractivity (Wildman–Crippen MR) is 163 cm³/mol. The van der Waals surface area contributed by atoms with E-state index in [-0.39, 0.29) is 0 Å². The highest BCUT2D eigenvalue weighted by Crippen LogP contribution is 2.48. The molecule has 2 fully saturated rings. The third-order valence-electron chi connectivity index (χ3n) is 9.01. The van der Waals surface area contributed by atoms with E-state index >= 15 is 0 Å². The number of hydrogen-bond acceptors (Lipinski definition) is 6. The van der Waals surface area contributed by atoms with Gasteiger partial charge in [-0.2, -0.15) is 15.0 Å². The maximum atomic E-state index is 4.82. The Labute approximate surface area is 235 Å². The molecule has 6 nitrogen and oxygen atoms in total. The van der Waals surface area contributed by atoms with Crippen LogP contribution in [0.25, 0.3) is 0 Å². The number of aromatic nitrogens is 3.